The van der Waals surface area contributed by atoms with Gasteiger partial charge in [0.05, 0.1) is 0 Å². The Hall–Kier alpha value is -1.71. The van der Waals surface area contributed by atoms with Crippen molar-refractivity contribution in [2.24, 2.45) is 5.84 Å². The van der Waals surface area contributed by atoms with Crippen LogP contribution in [0.4, 0.5) is 18.9 Å². The number of benzene rings is 1. The smallest absolute Gasteiger partial charge is 0.387 e. The number of thiophene rings is 1. The molecule has 9 heteroatoms. The summed E-state index contributed by atoms with van der Waals surface area (Å²) in [6.45, 7) is 2.08. The van der Waals surface area contributed by atoms with Crippen LogP contribution in [0.25, 0.3) is 0 Å². The van der Waals surface area contributed by atoms with Gasteiger partial charge in [0.1, 0.15) is 4.88 Å². The summed E-state index contributed by atoms with van der Waals surface area (Å²) in [5.74, 6) is 4.96. The Morgan fingerprint density at radius 3 is 2.44 bits per heavy atom. The molecule has 0 radical (unpaired) electrons. The second kappa shape index (κ2) is 10.3. The van der Waals surface area contributed by atoms with Gasteiger partial charge in [-0.2, -0.15) is 13.2 Å². The molecule has 0 aliphatic carbocycles. The first kappa shape index (κ1) is 21.3. The molecule has 0 unspecified atom stereocenters. The summed E-state index contributed by atoms with van der Waals surface area (Å²) in [7, 11) is 1.85. The van der Waals surface area contributed by atoms with Gasteiger partial charge in [-0.1, -0.05) is 19.1 Å². The van der Waals surface area contributed by atoms with Crippen molar-refractivity contribution in [2.45, 2.75) is 30.2 Å². The maximum Gasteiger partial charge on any atom is 0.425 e. The third-order valence-corrected chi connectivity index (χ3v) is 5.65. The molecule has 0 spiro atoms. The normalized spacial score (nSPS) is 10.6. The summed E-state index contributed by atoms with van der Waals surface area (Å²) in [5.41, 5.74) is 3.98. The average molecular weight is 391 g/mol. The predicted octanol–water partition coefficient (Wildman–Crippen LogP) is 4.27. The molecular formula is C16H20F3N3OS2. The molecule has 0 saturated heterocycles. The van der Waals surface area contributed by atoms with Crippen LogP contribution in [0.2, 0.25) is 0 Å². The number of halogens is 3. The van der Waals surface area contributed by atoms with E-state index in [0.717, 1.165) is 39.3 Å². The van der Waals surface area contributed by atoms with Crippen molar-refractivity contribution >= 4 is 35.2 Å². The maximum absolute atomic E-state index is 12.6. The molecule has 1 aromatic heterocycles. The molecule has 1 heterocycles. The second-order valence-corrected chi connectivity index (χ2v) is 6.89. The molecule has 2 aromatic rings. The molecule has 4 N–H and O–H groups in total. The Morgan fingerprint density at radius 1 is 1.28 bits per heavy atom. The first-order valence-electron chi connectivity index (χ1n) is 7.35. The Labute approximate surface area is 153 Å². The van der Waals surface area contributed by atoms with E-state index in [1.165, 1.54) is 5.56 Å². The summed E-state index contributed by atoms with van der Waals surface area (Å²) in [6, 6.07) is 8.75. The number of carbonyl (C=O) groups excluding carboxylic acids is 1. The minimum atomic E-state index is -4.24. The van der Waals surface area contributed by atoms with E-state index in [4.69, 9.17) is 4.79 Å². The second-order valence-electron chi connectivity index (χ2n) is 4.73. The number of alkyl halides is 3. The molecule has 0 atom stereocenters. The van der Waals surface area contributed by atoms with Crippen molar-refractivity contribution in [1.29, 1.82) is 0 Å². The molecule has 0 bridgehead atoms. The quantitative estimate of drug-likeness (QED) is 0.226. The SMILES string of the molecule is CCc1cccc(NC)c1SCc1ccc(C(F)(F)F)s1.NNC=O. The number of hydrazine groups is 1. The van der Waals surface area contributed by atoms with Gasteiger partial charge in [0, 0.05) is 28.3 Å². The van der Waals surface area contributed by atoms with Crippen LogP contribution in [0.15, 0.2) is 35.2 Å². The van der Waals surface area contributed by atoms with E-state index in [2.05, 4.69) is 24.1 Å². The zero-order chi connectivity index (χ0) is 18.9. The van der Waals surface area contributed by atoms with E-state index in [0.29, 0.717) is 12.2 Å². The Morgan fingerprint density at radius 2 is 1.96 bits per heavy atom. The Bertz CT molecular complexity index is 653. The lowest BCUT2D eigenvalue weighted by Gasteiger charge is -2.12. The van der Waals surface area contributed by atoms with Crippen LogP contribution in [0, 0.1) is 0 Å². The van der Waals surface area contributed by atoms with E-state index < -0.39 is 11.1 Å². The van der Waals surface area contributed by atoms with Gasteiger partial charge in [-0.3, -0.25) is 10.2 Å². The van der Waals surface area contributed by atoms with Gasteiger partial charge in [0.2, 0.25) is 6.41 Å². The fourth-order valence-electron chi connectivity index (χ4n) is 1.98. The van der Waals surface area contributed by atoms with Crippen LogP contribution < -0.4 is 16.6 Å². The molecule has 1 aromatic carbocycles. The highest BCUT2D eigenvalue weighted by molar-refractivity contribution is 7.98. The number of thioether (sulfide) groups is 1. The average Bonchev–Trinajstić information content (AvgIpc) is 3.09. The summed E-state index contributed by atoms with van der Waals surface area (Å²) in [5, 5.41) is 3.14. The third-order valence-electron chi connectivity index (χ3n) is 3.11. The van der Waals surface area contributed by atoms with E-state index in [1.54, 1.807) is 23.3 Å². The number of nitrogens with two attached hydrogens (primary N) is 1. The zero-order valence-electron chi connectivity index (χ0n) is 13.8. The molecule has 0 saturated carbocycles. The monoisotopic (exact) mass is 391 g/mol. The van der Waals surface area contributed by atoms with Gasteiger partial charge in [-0.15, -0.1) is 23.1 Å². The summed E-state index contributed by atoms with van der Waals surface area (Å²) in [6.07, 6.45) is -2.94. The Kier molecular flexibility index (Phi) is 8.81. The van der Waals surface area contributed by atoms with Crippen LogP contribution in [-0.2, 0) is 23.1 Å². The van der Waals surface area contributed by atoms with Gasteiger partial charge in [-0.25, -0.2) is 5.84 Å². The van der Waals surface area contributed by atoms with Crippen LogP contribution >= 0.6 is 23.1 Å². The lowest BCUT2D eigenvalue weighted by molar-refractivity contribution is -0.134. The van der Waals surface area contributed by atoms with Crippen molar-refractivity contribution in [2.75, 3.05) is 12.4 Å². The highest BCUT2D eigenvalue weighted by atomic mass is 32.2. The number of nitrogens with one attached hydrogen (secondary N) is 2. The van der Waals surface area contributed by atoms with E-state index in [1.807, 2.05) is 19.2 Å². The molecule has 2 rings (SSSR count). The van der Waals surface area contributed by atoms with Gasteiger partial charge in [0.15, 0.2) is 0 Å². The molecule has 25 heavy (non-hydrogen) atoms. The molecule has 1 amide bonds. The van der Waals surface area contributed by atoms with Crippen molar-refractivity contribution < 1.29 is 18.0 Å². The number of carbonyl (C=O) groups is 1. The highest BCUT2D eigenvalue weighted by Gasteiger charge is 2.32. The van der Waals surface area contributed by atoms with Crippen LogP contribution in [0.5, 0.6) is 0 Å². The molecule has 0 aliphatic heterocycles. The van der Waals surface area contributed by atoms with Crippen molar-refractivity contribution in [3.05, 3.63) is 45.6 Å². The number of rotatable bonds is 6. The number of hydrogen-bond donors (Lipinski definition) is 3. The fraction of sp³-hybridized carbons (Fsp3) is 0.312. The van der Waals surface area contributed by atoms with Crippen LogP contribution in [0.3, 0.4) is 0 Å². The van der Waals surface area contributed by atoms with Crippen LogP contribution in [0.1, 0.15) is 22.2 Å². The van der Waals surface area contributed by atoms with Crippen molar-refractivity contribution in [3.8, 4) is 0 Å². The minimum Gasteiger partial charge on any atom is -0.387 e. The largest absolute Gasteiger partial charge is 0.425 e. The fourth-order valence-corrected chi connectivity index (χ4v) is 4.17. The standard InChI is InChI=1S/C15H16F3NS2.CH4N2O/c1-3-10-5-4-6-12(19-2)14(10)20-9-11-7-8-13(21-11)15(16,17)18;2-3-1-4/h4-8,19H,3,9H2,1-2H3;1H,2H2,(H,3,4). The Balaban J connectivity index is 0.000000705. The maximum atomic E-state index is 12.6. The topological polar surface area (TPSA) is 67.2 Å². The van der Waals surface area contributed by atoms with Gasteiger partial charge in [0.25, 0.3) is 0 Å². The predicted molar refractivity (Wildman–Crippen MR) is 97.6 cm³/mol. The van der Waals surface area contributed by atoms with E-state index in [-0.39, 0.29) is 0 Å². The third kappa shape index (κ3) is 6.60. The number of hydrogen-bond acceptors (Lipinski definition) is 5. The first-order chi connectivity index (χ1) is 11.9. The number of anilines is 1. The summed E-state index contributed by atoms with van der Waals surface area (Å²) < 4.78 is 37.8. The molecular weight excluding hydrogens is 371 g/mol. The summed E-state index contributed by atoms with van der Waals surface area (Å²) >= 11 is 2.40. The van der Waals surface area contributed by atoms with Crippen molar-refractivity contribution in [1.82, 2.24) is 5.43 Å². The molecule has 138 valence electrons. The van der Waals surface area contributed by atoms with Crippen LogP contribution in [-0.4, -0.2) is 13.5 Å². The zero-order valence-corrected chi connectivity index (χ0v) is 15.4. The first-order valence-corrected chi connectivity index (χ1v) is 9.15. The van der Waals surface area contributed by atoms with Gasteiger partial charge < -0.3 is 5.32 Å². The molecule has 0 aliphatic rings. The molecule has 4 nitrogen and oxygen atoms in total. The lowest BCUT2D eigenvalue weighted by atomic mass is 10.1. The lowest BCUT2D eigenvalue weighted by Crippen LogP contribution is -2.18. The number of aryl methyl sites for hydroxylation is 1. The van der Waals surface area contributed by atoms with E-state index >= 15 is 0 Å². The van der Waals surface area contributed by atoms with E-state index in [9.17, 15) is 13.2 Å². The van der Waals surface area contributed by atoms with Gasteiger partial charge >= 0.3 is 6.18 Å². The number of amides is 1. The molecule has 0 fully saturated rings. The minimum absolute atomic E-state index is 0.403. The van der Waals surface area contributed by atoms with Crippen molar-refractivity contribution in [3.63, 3.8) is 0 Å². The summed E-state index contributed by atoms with van der Waals surface area (Å²) in [4.78, 5) is 10.3. The highest BCUT2D eigenvalue weighted by Crippen LogP contribution is 2.38. The van der Waals surface area contributed by atoms with Gasteiger partial charge in [-0.05, 0) is 30.2 Å².